The molecule has 0 aliphatic rings. The zero-order valence-corrected chi connectivity index (χ0v) is 10.0. The molecule has 0 saturated carbocycles. The van der Waals surface area contributed by atoms with E-state index >= 15 is 0 Å². The van der Waals surface area contributed by atoms with Crippen molar-refractivity contribution in [2.45, 2.75) is 13.0 Å². The van der Waals surface area contributed by atoms with Crippen molar-refractivity contribution in [2.24, 2.45) is 0 Å². The summed E-state index contributed by atoms with van der Waals surface area (Å²) < 4.78 is 0.946. The Hall–Kier alpha value is -0.0700. The molecule has 3 nitrogen and oxygen atoms in total. The summed E-state index contributed by atoms with van der Waals surface area (Å²) in [5.74, 6) is 0.732. The lowest BCUT2D eigenvalue weighted by molar-refractivity contribution is 0.281. The number of halogens is 2. The molecule has 72 valence electrons. The molecule has 13 heavy (non-hydrogen) atoms. The van der Waals surface area contributed by atoms with Crippen molar-refractivity contribution in [2.75, 3.05) is 11.9 Å². The minimum Gasteiger partial charge on any atom is -0.394 e. The van der Waals surface area contributed by atoms with Crippen LogP contribution in [0, 0.1) is 3.57 Å². The van der Waals surface area contributed by atoms with E-state index < -0.39 is 0 Å². The summed E-state index contributed by atoms with van der Waals surface area (Å²) in [6, 6.07) is 1.85. The fourth-order valence-corrected chi connectivity index (χ4v) is 1.33. The Kier molecular flexibility index (Phi) is 4.21. The number of aliphatic hydroxyl groups is 1. The van der Waals surface area contributed by atoms with Crippen LogP contribution in [0.1, 0.15) is 6.92 Å². The molecule has 0 saturated heterocycles. The quantitative estimate of drug-likeness (QED) is 0.841. The summed E-state index contributed by atoms with van der Waals surface area (Å²) in [5.41, 5.74) is 0. The third-order valence-electron chi connectivity index (χ3n) is 1.48. The first-order chi connectivity index (χ1) is 6.13. The molecule has 1 atom stereocenters. The molecule has 1 heterocycles. The molecule has 0 fully saturated rings. The van der Waals surface area contributed by atoms with Crippen molar-refractivity contribution >= 4 is 40.0 Å². The van der Waals surface area contributed by atoms with E-state index in [1.165, 1.54) is 0 Å². The maximum atomic E-state index is 8.80. The fourth-order valence-electron chi connectivity index (χ4n) is 0.791. The van der Waals surface area contributed by atoms with Gasteiger partial charge in [0.05, 0.1) is 11.6 Å². The number of hydrogen-bond donors (Lipinski definition) is 2. The van der Waals surface area contributed by atoms with Gasteiger partial charge in [-0.2, -0.15) is 0 Å². The number of hydrogen-bond acceptors (Lipinski definition) is 3. The van der Waals surface area contributed by atoms with Gasteiger partial charge in [-0.05, 0) is 35.6 Å². The van der Waals surface area contributed by atoms with Crippen LogP contribution in [-0.4, -0.2) is 22.7 Å². The number of nitrogens with zero attached hydrogens (tertiary/aromatic N) is 1. The Bertz CT molecular complexity index is 295. The Morgan fingerprint density at radius 1 is 1.77 bits per heavy atom. The molecule has 0 spiro atoms. The zero-order valence-electron chi connectivity index (χ0n) is 7.09. The van der Waals surface area contributed by atoms with Crippen LogP contribution in [0.2, 0.25) is 5.02 Å². The molecule has 0 unspecified atom stereocenters. The van der Waals surface area contributed by atoms with E-state index in [-0.39, 0.29) is 12.6 Å². The minimum atomic E-state index is 0.00414. The van der Waals surface area contributed by atoms with Crippen molar-refractivity contribution in [1.82, 2.24) is 4.98 Å². The highest BCUT2D eigenvalue weighted by atomic mass is 127. The molecule has 1 rings (SSSR count). The highest BCUT2D eigenvalue weighted by Crippen LogP contribution is 2.19. The van der Waals surface area contributed by atoms with Crippen molar-refractivity contribution in [3.63, 3.8) is 0 Å². The number of nitrogens with one attached hydrogen (secondary N) is 1. The van der Waals surface area contributed by atoms with Crippen LogP contribution in [0.3, 0.4) is 0 Å². The number of pyridine rings is 1. The topological polar surface area (TPSA) is 45.1 Å². The average molecular weight is 313 g/mol. The monoisotopic (exact) mass is 312 g/mol. The predicted molar refractivity (Wildman–Crippen MR) is 62.1 cm³/mol. The van der Waals surface area contributed by atoms with E-state index in [4.69, 9.17) is 16.7 Å². The summed E-state index contributed by atoms with van der Waals surface area (Å²) >= 11 is 7.94. The molecule has 0 aliphatic heterocycles. The number of aromatic nitrogens is 1. The normalized spacial score (nSPS) is 12.6. The molecular weight excluding hydrogens is 302 g/mol. The second kappa shape index (κ2) is 4.97. The predicted octanol–water partition coefficient (Wildman–Crippen LogP) is 2.13. The van der Waals surface area contributed by atoms with Gasteiger partial charge in [-0.3, -0.25) is 0 Å². The highest BCUT2D eigenvalue weighted by molar-refractivity contribution is 14.1. The van der Waals surface area contributed by atoms with Crippen LogP contribution in [0.15, 0.2) is 12.3 Å². The Morgan fingerprint density at radius 2 is 2.46 bits per heavy atom. The van der Waals surface area contributed by atoms with Gasteiger partial charge in [0.1, 0.15) is 5.82 Å². The Labute approximate surface area is 95.7 Å². The summed E-state index contributed by atoms with van der Waals surface area (Å²) in [7, 11) is 0. The van der Waals surface area contributed by atoms with Gasteiger partial charge in [-0.1, -0.05) is 11.6 Å². The van der Waals surface area contributed by atoms with E-state index in [0.717, 1.165) is 9.39 Å². The highest BCUT2D eigenvalue weighted by Gasteiger charge is 2.03. The molecule has 0 amide bonds. The first-order valence-electron chi connectivity index (χ1n) is 3.82. The maximum absolute atomic E-state index is 8.80. The van der Waals surface area contributed by atoms with Crippen molar-refractivity contribution < 1.29 is 5.11 Å². The maximum Gasteiger partial charge on any atom is 0.127 e. The second-order valence-electron chi connectivity index (χ2n) is 2.71. The molecule has 1 aromatic heterocycles. The molecule has 0 aliphatic carbocycles. The summed E-state index contributed by atoms with van der Waals surface area (Å²) in [4.78, 5) is 4.07. The molecule has 0 bridgehead atoms. The minimum absolute atomic E-state index is 0.00414. The van der Waals surface area contributed by atoms with Crippen LogP contribution in [0.4, 0.5) is 5.82 Å². The molecule has 0 radical (unpaired) electrons. The van der Waals surface area contributed by atoms with Crippen LogP contribution < -0.4 is 5.32 Å². The molecule has 1 aromatic rings. The van der Waals surface area contributed by atoms with Crippen molar-refractivity contribution in [3.8, 4) is 0 Å². The molecule has 5 heteroatoms. The smallest absolute Gasteiger partial charge is 0.127 e. The van der Waals surface area contributed by atoms with E-state index in [1.807, 2.05) is 13.0 Å². The summed E-state index contributed by atoms with van der Waals surface area (Å²) in [6.45, 7) is 1.96. The summed E-state index contributed by atoms with van der Waals surface area (Å²) in [6.07, 6.45) is 1.59. The number of anilines is 1. The third kappa shape index (κ3) is 3.28. The van der Waals surface area contributed by atoms with Crippen LogP contribution in [-0.2, 0) is 0 Å². The van der Waals surface area contributed by atoms with Crippen molar-refractivity contribution in [1.29, 1.82) is 0 Å². The van der Waals surface area contributed by atoms with Crippen LogP contribution >= 0.6 is 34.2 Å². The lowest BCUT2D eigenvalue weighted by Crippen LogP contribution is -2.19. The number of rotatable bonds is 3. The van der Waals surface area contributed by atoms with Gasteiger partial charge >= 0.3 is 0 Å². The van der Waals surface area contributed by atoms with Crippen molar-refractivity contribution in [3.05, 3.63) is 20.9 Å². The molecular formula is C8H10ClIN2O. The van der Waals surface area contributed by atoms with Gasteiger partial charge in [0.2, 0.25) is 0 Å². The van der Waals surface area contributed by atoms with Crippen LogP contribution in [0.5, 0.6) is 0 Å². The first kappa shape index (κ1) is 11.0. The van der Waals surface area contributed by atoms with E-state index in [0.29, 0.717) is 5.02 Å². The van der Waals surface area contributed by atoms with E-state index in [1.54, 1.807) is 6.20 Å². The lowest BCUT2D eigenvalue weighted by atomic mass is 10.3. The lowest BCUT2D eigenvalue weighted by Gasteiger charge is -2.11. The van der Waals surface area contributed by atoms with Gasteiger partial charge in [0.15, 0.2) is 0 Å². The van der Waals surface area contributed by atoms with Gasteiger partial charge in [0, 0.05) is 15.8 Å². The number of aliphatic hydroxyl groups excluding tert-OH is 1. The first-order valence-corrected chi connectivity index (χ1v) is 5.27. The third-order valence-corrected chi connectivity index (χ3v) is 2.99. The Balaban J connectivity index is 2.73. The fraction of sp³-hybridized carbons (Fsp3) is 0.375. The Morgan fingerprint density at radius 3 is 3.00 bits per heavy atom. The van der Waals surface area contributed by atoms with Gasteiger partial charge in [0.25, 0.3) is 0 Å². The average Bonchev–Trinajstić information content (AvgIpc) is 2.11. The molecule has 0 aromatic carbocycles. The van der Waals surface area contributed by atoms with Gasteiger partial charge in [-0.25, -0.2) is 4.98 Å². The zero-order chi connectivity index (χ0) is 9.84. The van der Waals surface area contributed by atoms with E-state index in [2.05, 4.69) is 32.9 Å². The van der Waals surface area contributed by atoms with E-state index in [9.17, 15) is 0 Å². The SMILES string of the molecule is C[C@@H](CO)Nc1cc(I)c(Cl)cn1. The largest absolute Gasteiger partial charge is 0.394 e. The molecule has 2 N–H and O–H groups in total. The van der Waals surface area contributed by atoms with Crippen LogP contribution in [0.25, 0.3) is 0 Å². The van der Waals surface area contributed by atoms with Gasteiger partial charge in [-0.15, -0.1) is 0 Å². The standard InChI is InChI=1S/C8H10ClIN2O/c1-5(4-13)12-8-2-7(10)6(9)3-11-8/h2-3,5,13H,4H2,1H3,(H,11,12)/t5-/m0/s1. The van der Waals surface area contributed by atoms with Gasteiger partial charge < -0.3 is 10.4 Å². The second-order valence-corrected chi connectivity index (χ2v) is 4.28. The summed E-state index contributed by atoms with van der Waals surface area (Å²) in [5, 5.41) is 12.5.